The number of alkyl halides is 1. The molecule has 1 aromatic carbocycles. The Hall–Kier alpha value is -1.89. The van der Waals surface area contributed by atoms with E-state index in [9.17, 15) is 9.59 Å². The Bertz CT molecular complexity index is 902. The summed E-state index contributed by atoms with van der Waals surface area (Å²) in [5, 5.41) is 0.933. The van der Waals surface area contributed by atoms with Crippen LogP contribution in [0, 0.1) is 5.92 Å². The third-order valence-electron chi connectivity index (χ3n) is 5.50. The maximum absolute atomic E-state index is 11.3. The second-order valence-electron chi connectivity index (χ2n) is 8.53. The molecule has 0 amide bonds. The number of benzene rings is 1. The topological polar surface area (TPSA) is 71.1 Å². The van der Waals surface area contributed by atoms with E-state index in [1.165, 1.54) is 13.8 Å². The molecule has 0 saturated carbocycles. The van der Waals surface area contributed by atoms with E-state index in [1.807, 2.05) is 24.3 Å². The highest BCUT2D eigenvalue weighted by Gasteiger charge is 2.32. The normalized spacial score (nSPS) is 16.4. The van der Waals surface area contributed by atoms with E-state index in [2.05, 4.69) is 19.9 Å². The predicted molar refractivity (Wildman–Crippen MR) is 134 cm³/mol. The fourth-order valence-corrected chi connectivity index (χ4v) is 4.21. The van der Waals surface area contributed by atoms with Gasteiger partial charge >= 0.3 is 11.9 Å². The zero-order valence-corrected chi connectivity index (χ0v) is 22.1. The summed E-state index contributed by atoms with van der Waals surface area (Å²) in [5.74, 6) is 0.882. The lowest BCUT2D eigenvalue weighted by Gasteiger charge is -2.34. The Balaban J connectivity index is 2.02. The highest BCUT2D eigenvalue weighted by atomic mass is 35.5. The maximum Gasteiger partial charge on any atom is 0.303 e. The minimum absolute atomic E-state index is 0.0608. The van der Waals surface area contributed by atoms with Gasteiger partial charge in [0.05, 0.1) is 16.7 Å². The van der Waals surface area contributed by atoms with Gasteiger partial charge in [0.25, 0.3) is 0 Å². The van der Waals surface area contributed by atoms with Crippen LogP contribution in [0.25, 0.3) is 0 Å². The van der Waals surface area contributed by atoms with Crippen molar-refractivity contribution in [3.8, 4) is 5.75 Å². The van der Waals surface area contributed by atoms with Gasteiger partial charge in [0, 0.05) is 19.7 Å². The Labute approximate surface area is 216 Å². The molecule has 0 N–H and O–H groups in total. The Kier molecular flexibility index (Phi) is 11.1. The Morgan fingerprint density at radius 1 is 1.09 bits per heavy atom. The fraction of sp³-hybridized carbons (Fsp3) is 0.520. The Morgan fingerprint density at radius 3 is 2.29 bits per heavy atom. The van der Waals surface area contributed by atoms with Crippen molar-refractivity contribution in [1.29, 1.82) is 0 Å². The fourth-order valence-electron chi connectivity index (χ4n) is 3.51. The van der Waals surface area contributed by atoms with Gasteiger partial charge in [0.1, 0.15) is 19.0 Å². The van der Waals surface area contributed by atoms with Gasteiger partial charge in [-0.2, -0.15) is 0 Å². The molecule has 0 unspecified atom stereocenters. The van der Waals surface area contributed by atoms with Crippen LogP contribution in [0.4, 0.5) is 0 Å². The summed E-state index contributed by atoms with van der Waals surface area (Å²) in [6.07, 6.45) is 6.70. The second-order valence-corrected chi connectivity index (χ2v) is 9.73. The molecule has 9 heteroatoms. The zero-order chi connectivity index (χ0) is 25.3. The van der Waals surface area contributed by atoms with Crippen molar-refractivity contribution in [2.75, 3.05) is 25.7 Å². The largest absolute Gasteiger partial charge is 0.490 e. The van der Waals surface area contributed by atoms with Crippen molar-refractivity contribution in [1.82, 2.24) is 0 Å². The average Bonchev–Trinajstić information content (AvgIpc) is 2.77. The van der Waals surface area contributed by atoms with Crippen LogP contribution >= 0.6 is 34.8 Å². The number of esters is 2. The van der Waals surface area contributed by atoms with Gasteiger partial charge in [0.15, 0.2) is 11.9 Å². The minimum Gasteiger partial charge on any atom is -0.490 e. The van der Waals surface area contributed by atoms with Crippen molar-refractivity contribution in [3.05, 3.63) is 51.7 Å². The summed E-state index contributed by atoms with van der Waals surface area (Å²) >= 11 is 18.7. The standard InChI is InChI=1S/C25H31Cl3O6/c1-16(29)32-14-21(34-17(2)30)15-33-20-8-6-18(7-9-20)25(3,4)19-12-22(27)24(23(28)13-19)31-11-5-10-26/h6,8-9,12-13,18,21H,5,7,10-11,14-15H2,1-4H3/t18-,21+/m0/s1. The molecule has 0 spiro atoms. The van der Waals surface area contributed by atoms with E-state index in [4.69, 9.17) is 53.8 Å². The van der Waals surface area contributed by atoms with Gasteiger partial charge in [-0.25, -0.2) is 0 Å². The van der Waals surface area contributed by atoms with Crippen molar-refractivity contribution < 1.29 is 28.5 Å². The number of hydrogen-bond acceptors (Lipinski definition) is 6. The lowest BCUT2D eigenvalue weighted by molar-refractivity contribution is -0.158. The van der Waals surface area contributed by atoms with E-state index in [-0.39, 0.29) is 24.5 Å². The molecular weight excluding hydrogens is 503 g/mol. The van der Waals surface area contributed by atoms with Gasteiger partial charge < -0.3 is 18.9 Å². The molecule has 34 heavy (non-hydrogen) atoms. The van der Waals surface area contributed by atoms with Crippen LogP contribution in [0.2, 0.25) is 10.0 Å². The highest BCUT2D eigenvalue weighted by molar-refractivity contribution is 6.37. The van der Waals surface area contributed by atoms with Crippen molar-refractivity contribution in [2.24, 2.45) is 5.92 Å². The molecule has 0 heterocycles. The maximum atomic E-state index is 11.3. The van der Waals surface area contributed by atoms with Crippen LogP contribution in [0.15, 0.2) is 36.1 Å². The first-order valence-corrected chi connectivity index (χ1v) is 12.3. The van der Waals surface area contributed by atoms with Gasteiger partial charge in [-0.05, 0) is 54.0 Å². The highest BCUT2D eigenvalue weighted by Crippen LogP contribution is 2.43. The average molecular weight is 534 g/mol. The molecule has 1 aromatic rings. The Morgan fingerprint density at radius 2 is 1.76 bits per heavy atom. The molecule has 0 aromatic heterocycles. The first-order chi connectivity index (χ1) is 16.0. The van der Waals surface area contributed by atoms with Crippen LogP contribution in [-0.4, -0.2) is 43.7 Å². The number of allylic oxidation sites excluding steroid dienone is 3. The minimum atomic E-state index is -0.681. The van der Waals surface area contributed by atoms with E-state index in [1.54, 1.807) is 0 Å². The quantitative estimate of drug-likeness (QED) is 0.180. The summed E-state index contributed by atoms with van der Waals surface area (Å²) in [6, 6.07) is 3.79. The summed E-state index contributed by atoms with van der Waals surface area (Å²) in [5.41, 5.74) is 0.728. The van der Waals surface area contributed by atoms with Crippen molar-refractivity contribution in [2.45, 2.75) is 52.1 Å². The third-order valence-corrected chi connectivity index (χ3v) is 6.33. The van der Waals surface area contributed by atoms with Crippen LogP contribution in [0.1, 0.15) is 46.1 Å². The molecule has 0 saturated heterocycles. The summed E-state index contributed by atoms with van der Waals surface area (Å²) in [4.78, 5) is 22.3. The van der Waals surface area contributed by atoms with E-state index in [0.717, 1.165) is 12.0 Å². The molecular formula is C25H31Cl3O6. The van der Waals surface area contributed by atoms with Gasteiger partial charge in [-0.15, -0.1) is 11.6 Å². The lowest BCUT2D eigenvalue weighted by atomic mass is 9.71. The third kappa shape index (κ3) is 8.40. The summed E-state index contributed by atoms with van der Waals surface area (Å²) < 4.78 is 21.6. The zero-order valence-electron chi connectivity index (χ0n) is 19.9. The molecule has 2 rings (SSSR count). The number of carbonyl (C=O) groups excluding carboxylic acids is 2. The van der Waals surface area contributed by atoms with Gasteiger partial charge in [0.2, 0.25) is 0 Å². The molecule has 0 bridgehead atoms. The number of hydrogen-bond donors (Lipinski definition) is 0. The number of ether oxygens (including phenoxy) is 4. The molecule has 1 aliphatic rings. The van der Waals surface area contributed by atoms with Crippen LogP contribution < -0.4 is 4.74 Å². The van der Waals surface area contributed by atoms with Crippen molar-refractivity contribution in [3.63, 3.8) is 0 Å². The molecule has 6 nitrogen and oxygen atoms in total. The molecule has 0 radical (unpaired) electrons. The monoisotopic (exact) mass is 532 g/mol. The first-order valence-electron chi connectivity index (χ1n) is 11.0. The van der Waals surface area contributed by atoms with Crippen molar-refractivity contribution >= 4 is 46.7 Å². The molecule has 2 atom stereocenters. The number of carbonyl (C=O) groups is 2. The van der Waals surface area contributed by atoms with Gasteiger partial charge in [-0.1, -0.05) is 43.1 Å². The SMILES string of the molecule is CC(=O)OC[C@H](COC1=CC[C@@H](C(C)(C)c2cc(Cl)c(OCCCCl)c(Cl)c2)C=C1)OC(C)=O. The smallest absolute Gasteiger partial charge is 0.303 e. The van der Waals surface area contributed by atoms with Crippen LogP contribution in [0.3, 0.4) is 0 Å². The second kappa shape index (κ2) is 13.3. The first kappa shape index (κ1) is 28.3. The molecule has 188 valence electrons. The van der Waals surface area contributed by atoms with E-state index >= 15 is 0 Å². The number of rotatable bonds is 12. The predicted octanol–water partition coefficient (Wildman–Crippen LogP) is 6.25. The lowest BCUT2D eigenvalue weighted by Crippen LogP contribution is -2.30. The molecule has 0 fully saturated rings. The summed E-state index contributed by atoms with van der Waals surface area (Å²) in [7, 11) is 0. The van der Waals surface area contributed by atoms with Gasteiger partial charge in [-0.3, -0.25) is 9.59 Å². The van der Waals surface area contributed by atoms with E-state index in [0.29, 0.717) is 40.5 Å². The van der Waals surface area contributed by atoms with Crippen LogP contribution in [0.5, 0.6) is 5.75 Å². The summed E-state index contributed by atoms with van der Waals surface area (Å²) in [6.45, 7) is 7.32. The van der Waals surface area contributed by atoms with E-state index < -0.39 is 18.0 Å². The van der Waals surface area contributed by atoms with Crippen LogP contribution in [-0.2, 0) is 29.2 Å². The molecule has 1 aliphatic carbocycles. The number of halogens is 3. The molecule has 0 aliphatic heterocycles.